The molecule has 3 aromatic carbocycles. The number of nitrogens with one attached hydrogen (secondary N) is 2. The van der Waals surface area contributed by atoms with E-state index in [1.54, 1.807) is 37.3 Å². The van der Waals surface area contributed by atoms with Gasteiger partial charge in [-0.2, -0.15) is 5.01 Å². The minimum atomic E-state index is -1.26. The van der Waals surface area contributed by atoms with E-state index in [0.717, 1.165) is 10.6 Å². The van der Waals surface area contributed by atoms with Crippen LogP contribution in [0, 0.1) is 0 Å². The number of urea groups is 1. The van der Waals surface area contributed by atoms with Crippen molar-refractivity contribution in [1.29, 1.82) is 0 Å². The molecule has 2 atom stereocenters. The zero-order valence-corrected chi connectivity index (χ0v) is 19.0. The van der Waals surface area contributed by atoms with E-state index < -0.39 is 35.5 Å². The molecule has 0 aromatic heterocycles. The molecule has 35 heavy (non-hydrogen) atoms. The summed E-state index contributed by atoms with van der Waals surface area (Å²) in [5.74, 6) is -1.65. The third kappa shape index (κ3) is 3.82. The van der Waals surface area contributed by atoms with Crippen molar-refractivity contribution in [2.75, 3.05) is 0 Å². The van der Waals surface area contributed by atoms with Gasteiger partial charge < -0.3 is 10.1 Å². The molecule has 4 amide bonds. The zero-order valence-electron chi connectivity index (χ0n) is 19.0. The van der Waals surface area contributed by atoms with Gasteiger partial charge in [-0.3, -0.25) is 15.0 Å². The maximum absolute atomic E-state index is 13.3. The quantitative estimate of drug-likeness (QED) is 0.439. The highest BCUT2D eigenvalue weighted by molar-refractivity contribution is 6.09. The van der Waals surface area contributed by atoms with Crippen LogP contribution < -0.4 is 10.7 Å². The summed E-state index contributed by atoms with van der Waals surface area (Å²) in [5, 5.41) is 3.45. The lowest BCUT2D eigenvalue weighted by Gasteiger charge is -2.26. The molecule has 0 aliphatic carbocycles. The smallest absolute Gasteiger partial charge is 0.344 e. The summed E-state index contributed by atoms with van der Waals surface area (Å²) in [6.07, 6.45) is 0.259. The highest BCUT2D eigenvalue weighted by Gasteiger charge is 2.52. The van der Waals surface area contributed by atoms with E-state index in [1.807, 2.05) is 36.4 Å². The first-order valence-corrected chi connectivity index (χ1v) is 11.3. The standard InChI is InChI=1S/C27H23N3O5/c1-2-27(20-11-7-4-8-12-20)25(33)30(26(34)28-27)29-23(31)18-13-14-21-19(15-18)16-22(35-24(21)32)17-9-5-3-6-10-17/h3-15,22H,2,16H2,1H3,(H,28,34)(H,29,31)/t22-,27-/m1/s1. The van der Waals surface area contributed by atoms with Crippen LogP contribution in [0.4, 0.5) is 4.79 Å². The molecule has 8 heteroatoms. The second-order valence-electron chi connectivity index (χ2n) is 8.52. The summed E-state index contributed by atoms with van der Waals surface area (Å²) in [5.41, 5.74) is 3.94. The number of nitrogens with zero attached hydrogens (tertiary/aromatic N) is 1. The van der Waals surface area contributed by atoms with Crippen molar-refractivity contribution in [1.82, 2.24) is 15.8 Å². The molecule has 2 aliphatic rings. The number of carbonyl (C=O) groups excluding carboxylic acids is 4. The number of cyclic esters (lactones) is 1. The Morgan fingerprint density at radius 3 is 2.40 bits per heavy atom. The van der Waals surface area contributed by atoms with Crippen LogP contribution in [0.5, 0.6) is 0 Å². The van der Waals surface area contributed by atoms with Crippen molar-refractivity contribution in [2.24, 2.45) is 0 Å². The number of carbonyl (C=O) groups is 4. The third-order valence-corrected chi connectivity index (χ3v) is 6.52. The number of hydrazine groups is 1. The van der Waals surface area contributed by atoms with Gasteiger partial charge >= 0.3 is 12.0 Å². The minimum absolute atomic E-state index is 0.222. The van der Waals surface area contributed by atoms with Crippen LogP contribution in [0.15, 0.2) is 78.9 Å². The molecule has 1 saturated heterocycles. The first-order chi connectivity index (χ1) is 16.9. The van der Waals surface area contributed by atoms with E-state index in [0.29, 0.717) is 29.5 Å². The highest BCUT2D eigenvalue weighted by atomic mass is 16.5. The van der Waals surface area contributed by atoms with Gasteiger partial charge in [-0.1, -0.05) is 67.6 Å². The number of fused-ring (bicyclic) bond motifs is 1. The maximum atomic E-state index is 13.3. The Hall–Kier alpha value is -4.46. The normalized spacial score (nSPS) is 21.2. The van der Waals surface area contributed by atoms with Crippen molar-refractivity contribution in [3.05, 3.63) is 107 Å². The SMILES string of the molecule is CC[C@]1(c2ccccc2)NC(=O)N(NC(=O)c2ccc3c(c2)C[C@H](c2ccccc2)OC3=O)C1=O. The molecule has 1 fully saturated rings. The van der Waals surface area contributed by atoms with Crippen molar-refractivity contribution in [2.45, 2.75) is 31.4 Å². The summed E-state index contributed by atoms with van der Waals surface area (Å²) >= 11 is 0. The van der Waals surface area contributed by atoms with Crippen LogP contribution in [-0.2, 0) is 21.5 Å². The predicted octanol–water partition coefficient (Wildman–Crippen LogP) is 3.64. The number of amides is 4. The Kier molecular flexibility index (Phi) is 5.56. The number of ether oxygens (including phenoxy) is 1. The number of hydrogen-bond donors (Lipinski definition) is 2. The number of rotatable bonds is 5. The van der Waals surface area contributed by atoms with Gasteiger partial charge in [0.2, 0.25) is 0 Å². The predicted molar refractivity (Wildman–Crippen MR) is 126 cm³/mol. The fraction of sp³-hybridized carbons (Fsp3) is 0.185. The zero-order chi connectivity index (χ0) is 24.6. The van der Waals surface area contributed by atoms with Crippen LogP contribution in [0.3, 0.4) is 0 Å². The second kappa shape index (κ2) is 8.72. The maximum Gasteiger partial charge on any atom is 0.344 e. The van der Waals surface area contributed by atoms with E-state index >= 15 is 0 Å². The molecule has 0 spiro atoms. The molecule has 2 N–H and O–H groups in total. The Balaban J connectivity index is 1.38. The van der Waals surface area contributed by atoms with Crippen LogP contribution in [0.1, 0.15) is 56.9 Å². The molecule has 2 aliphatic heterocycles. The Morgan fingerprint density at radius 1 is 1.03 bits per heavy atom. The van der Waals surface area contributed by atoms with Crippen molar-refractivity contribution in [3.63, 3.8) is 0 Å². The van der Waals surface area contributed by atoms with Gasteiger partial charge in [-0.05, 0) is 41.3 Å². The number of hydrogen-bond acceptors (Lipinski definition) is 5. The van der Waals surface area contributed by atoms with Gasteiger partial charge in [0.15, 0.2) is 0 Å². The van der Waals surface area contributed by atoms with E-state index in [1.165, 1.54) is 12.1 Å². The summed E-state index contributed by atoms with van der Waals surface area (Å²) in [7, 11) is 0. The van der Waals surface area contributed by atoms with E-state index in [4.69, 9.17) is 4.74 Å². The molecule has 0 bridgehead atoms. The van der Waals surface area contributed by atoms with Crippen LogP contribution in [0.2, 0.25) is 0 Å². The average molecular weight is 469 g/mol. The summed E-state index contributed by atoms with van der Waals surface area (Å²) < 4.78 is 5.57. The van der Waals surface area contributed by atoms with Gasteiger partial charge in [0.1, 0.15) is 11.6 Å². The van der Waals surface area contributed by atoms with Crippen LogP contribution in [-0.4, -0.2) is 28.8 Å². The molecule has 8 nitrogen and oxygen atoms in total. The molecule has 176 valence electrons. The monoisotopic (exact) mass is 469 g/mol. The molecule has 5 rings (SSSR count). The van der Waals surface area contributed by atoms with Crippen LogP contribution >= 0.6 is 0 Å². The first kappa shape index (κ1) is 22.3. The Bertz CT molecular complexity index is 1330. The molecule has 2 heterocycles. The lowest BCUT2D eigenvalue weighted by molar-refractivity contribution is -0.133. The second-order valence-corrected chi connectivity index (χ2v) is 8.52. The van der Waals surface area contributed by atoms with Gasteiger partial charge in [-0.15, -0.1) is 0 Å². The van der Waals surface area contributed by atoms with Crippen molar-refractivity contribution >= 4 is 23.8 Å². The van der Waals surface area contributed by atoms with E-state index in [9.17, 15) is 19.2 Å². The number of esters is 1. The van der Waals surface area contributed by atoms with Crippen LogP contribution in [0.25, 0.3) is 0 Å². The van der Waals surface area contributed by atoms with Crippen molar-refractivity contribution < 1.29 is 23.9 Å². The number of benzene rings is 3. The molecule has 0 unspecified atom stereocenters. The highest BCUT2D eigenvalue weighted by Crippen LogP contribution is 2.33. The minimum Gasteiger partial charge on any atom is -0.454 e. The van der Waals surface area contributed by atoms with Gasteiger partial charge in [0.25, 0.3) is 11.8 Å². The fourth-order valence-electron chi connectivity index (χ4n) is 4.60. The molecule has 3 aromatic rings. The van der Waals surface area contributed by atoms with Crippen molar-refractivity contribution in [3.8, 4) is 0 Å². The summed E-state index contributed by atoms with van der Waals surface area (Å²) in [4.78, 5) is 51.5. The number of imide groups is 1. The third-order valence-electron chi connectivity index (χ3n) is 6.52. The summed E-state index contributed by atoms with van der Waals surface area (Å²) in [6.45, 7) is 1.79. The Labute approximate surface area is 201 Å². The average Bonchev–Trinajstić information content (AvgIpc) is 3.14. The first-order valence-electron chi connectivity index (χ1n) is 11.3. The summed E-state index contributed by atoms with van der Waals surface area (Å²) in [6, 6.07) is 22.2. The van der Waals surface area contributed by atoms with Gasteiger partial charge in [0, 0.05) is 12.0 Å². The topological polar surface area (TPSA) is 105 Å². The largest absolute Gasteiger partial charge is 0.454 e. The van der Waals surface area contributed by atoms with E-state index in [-0.39, 0.29) is 5.56 Å². The molecule has 0 saturated carbocycles. The Morgan fingerprint density at radius 2 is 1.71 bits per heavy atom. The molecular weight excluding hydrogens is 446 g/mol. The fourth-order valence-corrected chi connectivity index (χ4v) is 4.60. The van der Waals surface area contributed by atoms with Gasteiger partial charge in [0.05, 0.1) is 5.56 Å². The molecule has 0 radical (unpaired) electrons. The molecular formula is C27H23N3O5. The van der Waals surface area contributed by atoms with Gasteiger partial charge in [-0.25, -0.2) is 9.59 Å². The van der Waals surface area contributed by atoms with E-state index in [2.05, 4.69) is 10.7 Å². The lowest BCUT2D eigenvalue weighted by atomic mass is 9.87. The lowest BCUT2D eigenvalue weighted by Crippen LogP contribution is -2.48.